The Kier molecular flexibility index (Phi) is 9.72. The van der Waals surface area contributed by atoms with E-state index < -0.39 is 30.1 Å². The molecule has 1 aromatic rings. The van der Waals surface area contributed by atoms with E-state index in [9.17, 15) is 24.0 Å². The number of rotatable bonds is 11. The molecule has 1 fully saturated rings. The summed E-state index contributed by atoms with van der Waals surface area (Å²) in [6.07, 6.45) is 0.223. The van der Waals surface area contributed by atoms with Crippen LogP contribution in [0.2, 0.25) is 0 Å². The predicted octanol–water partition coefficient (Wildman–Crippen LogP) is 0.996. The SMILES string of the molecule is CC(=O)CC(C=O)NC(=O)C1CC(OCc2ccccc2)CN1C(=O)C(NC(C)=O)C(C)C. The second-order valence-corrected chi connectivity index (χ2v) is 8.74. The molecular formula is C24H33N3O6. The molecule has 0 aromatic heterocycles. The lowest BCUT2D eigenvalue weighted by Crippen LogP contribution is -2.56. The number of ether oxygens (including phenoxy) is 1. The third-order valence-corrected chi connectivity index (χ3v) is 5.47. The Morgan fingerprint density at radius 2 is 1.79 bits per heavy atom. The molecule has 9 nitrogen and oxygen atoms in total. The van der Waals surface area contributed by atoms with E-state index in [2.05, 4.69) is 10.6 Å². The van der Waals surface area contributed by atoms with Crippen molar-refractivity contribution in [3.05, 3.63) is 35.9 Å². The topological polar surface area (TPSA) is 122 Å². The number of nitrogens with one attached hydrogen (secondary N) is 2. The molecule has 4 unspecified atom stereocenters. The maximum absolute atomic E-state index is 13.3. The van der Waals surface area contributed by atoms with Crippen molar-refractivity contribution >= 4 is 29.8 Å². The highest BCUT2D eigenvalue weighted by atomic mass is 16.5. The maximum Gasteiger partial charge on any atom is 0.246 e. The lowest BCUT2D eigenvalue weighted by molar-refractivity contribution is -0.142. The third-order valence-electron chi connectivity index (χ3n) is 5.47. The van der Waals surface area contributed by atoms with E-state index in [1.54, 1.807) is 0 Å². The van der Waals surface area contributed by atoms with Crippen LogP contribution in [0.25, 0.3) is 0 Å². The summed E-state index contributed by atoms with van der Waals surface area (Å²) in [7, 11) is 0. The minimum absolute atomic E-state index is 0.121. The van der Waals surface area contributed by atoms with Gasteiger partial charge in [-0.1, -0.05) is 44.2 Å². The van der Waals surface area contributed by atoms with Crippen LogP contribution in [0.3, 0.4) is 0 Å². The summed E-state index contributed by atoms with van der Waals surface area (Å²) in [6, 6.07) is 6.88. The van der Waals surface area contributed by atoms with Gasteiger partial charge in [0.25, 0.3) is 0 Å². The first kappa shape index (κ1) is 26.2. The number of ketones is 1. The van der Waals surface area contributed by atoms with Gasteiger partial charge in [0.15, 0.2) is 0 Å². The van der Waals surface area contributed by atoms with E-state index in [0.29, 0.717) is 12.9 Å². The Hall–Kier alpha value is -3.07. The fraction of sp³-hybridized carbons (Fsp3) is 0.542. The zero-order chi connectivity index (χ0) is 24.5. The van der Waals surface area contributed by atoms with E-state index in [1.807, 2.05) is 44.2 Å². The average Bonchev–Trinajstić information content (AvgIpc) is 3.19. The van der Waals surface area contributed by atoms with Crippen molar-refractivity contribution in [2.75, 3.05) is 6.54 Å². The largest absolute Gasteiger partial charge is 0.372 e. The zero-order valence-electron chi connectivity index (χ0n) is 19.6. The van der Waals surface area contributed by atoms with E-state index >= 15 is 0 Å². The molecule has 3 amide bonds. The van der Waals surface area contributed by atoms with Crippen molar-refractivity contribution in [1.29, 1.82) is 0 Å². The fourth-order valence-corrected chi connectivity index (χ4v) is 3.83. The van der Waals surface area contributed by atoms with E-state index in [1.165, 1.54) is 18.7 Å². The highest BCUT2D eigenvalue weighted by Crippen LogP contribution is 2.24. The summed E-state index contributed by atoms with van der Waals surface area (Å²) in [6.45, 7) is 6.78. The molecule has 0 radical (unpaired) electrons. The first-order valence-electron chi connectivity index (χ1n) is 11.1. The Morgan fingerprint density at radius 3 is 2.33 bits per heavy atom. The van der Waals surface area contributed by atoms with Gasteiger partial charge in [0.2, 0.25) is 17.7 Å². The number of carbonyl (C=O) groups excluding carboxylic acids is 5. The van der Waals surface area contributed by atoms with Crippen LogP contribution in [-0.2, 0) is 35.3 Å². The highest BCUT2D eigenvalue weighted by molar-refractivity contribution is 5.93. The number of Topliss-reactive ketones (excluding diaryl/α,β-unsaturated/α-hetero) is 1. The second-order valence-electron chi connectivity index (χ2n) is 8.74. The molecule has 1 saturated heterocycles. The van der Waals surface area contributed by atoms with Gasteiger partial charge in [-0.15, -0.1) is 0 Å². The molecular weight excluding hydrogens is 426 g/mol. The molecule has 33 heavy (non-hydrogen) atoms. The summed E-state index contributed by atoms with van der Waals surface area (Å²) in [5.74, 6) is -1.70. The van der Waals surface area contributed by atoms with Crippen molar-refractivity contribution in [2.24, 2.45) is 5.92 Å². The highest BCUT2D eigenvalue weighted by Gasteiger charge is 2.43. The number of benzene rings is 1. The number of carbonyl (C=O) groups is 5. The molecule has 4 atom stereocenters. The van der Waals surface area contributed by atoms with Gasteiger partial charge < -0.3 is 25.1 Å². The number of nitrogens with zero attached hydrogens (tertiary/aromatic N) is 1. The van der Waals surface area contributed by atoms with Gasteiger partial charge in [-0.05, 0) is 18.4 Å². The lowest BCUT2D eigenvalue weighted by atomic mass is 10.0. The van der Waals surface area contributed by atoms with Crippen LogP contribution < -0.4 is 10.6 Å². The monoisotopic (exact) mass is 459 g/mol. The Morgan fingerprint density at radius 1 is 1.12 bits per heavy atom. The van der Waals surface area contributed by atoms with Gasteiger partial charge in [-0.3, -0.25) is 19.2 Å². The quantitative estimate of drug-likeness (QED) is 0.476. The number of hydrogen-bond acceptors (Lipinski definition) is 6. The molecule has 9 heteroatoms. The molecule has 1 aliphatic rings. The van der Waals surface area contributed by atoms with E-state index in [0.717, 1.165) is 5.56 Å². The molecule has 1 aliphatic heterocycles. The van der Waals surface area contributed by atoms with Crippen LogP contribution in [0.4, 0.5) is 0 Å². The summed E-state index contributed by atoms with van der Waals surface area (Å²) >= 11 is 0. The molecule has 1 aromatic carbocycles. The predicted molar refractivity (Wildman–Crippen MR) is 121 cm³/mol. The Labute approximate surface area is 194 Å². The fourth-order valence-electron chi connectivity index (χ4n) is 3.83. The molecule has 1 heterocycles. The van der Waals surface area contributed by atoms with Crippen LogP contribution >= 0.6 is 0 Å². The molecule has 0 saturated carbocycles. The van der Waals surface area contributed by atoms with Gasteiger partial charge >= 0.3 is 0 Å². The smallest absolute Gasteiger partial charge is 0.246 e. The molecule has 0 aliphatic carbocycles. The Balaban J connectivity index is 2.20. The standard InChI is InChI=1S/C24H33N3O6/c1-15(2)22(25-17(4)30)24(32)27-12-20(33-14-18-8-6-5-7-9-18)11-21(27)23(31)26-19(13-28)10-16(3)29/h5-9,13,15,19-22H,10-12,14H2,1-4H3,(H,25,30)(H,26,31). The van der Waals surface area contributed by atoms with E-state index in [4.69, 9.17) is 4.74 Å². The normalized spacial score (nSPS) is 19.6. The van der Waals surface area contributed by atoms with Gasteiger partial charge in [-0.25, -0.2) is 0 Å². The summed E-state index contributed by atoms with van der Waals surface area (Å²) < 4.78 is 5.98. The van der Waals surface area contributed by atoms with Crippen LogP contribution in [0.15, 0.2) is 30.3 Å². The van der Waals surface area contributed by atoms with Crippen molar-refractivity contribution in [3.63, 3.8) is 0 Å². The first-order valence-corrected chi connectivity index (χ1v) is 11.1. The number of hydrogen-bond donors (Lipinski definition) is 2. The number of aldehydes is 1. The van der Waals surface area contributed by atoms with Crippen LogP contribution in [0, 0.1) is 5.92 Å². The molecule has 2 N–H and O–H groups in total. The van der Waals surface area contributed by atoms with E-state index in [-0.39, 0.29) is 42.9 Å². The zero-order valence-corrected chi connectivity index (χ0v) is 19.6. The molecule has 2 rings (SSSR count). The first-order chi connectivity index (χ1) is 15.6. The number of likely N-dealkylation sites (tertiary alicyclic amines) is 1. The summed E-state index contributed by atoms with van der Waals surface area (Å²) in [4.78, 5) is 62.1. The van der Waals surface area contributed by atoms with Crippen LogP contribution in [0.1, 0.15) is 46.1 Å². The number of amides is 3. The van der Waals surface area contributed by atoms with Gasteiger partial charge in [0, 0.05) is 26.3 Å². The minimum Gasteiger partial charge on any atom is -0.372 e. The van der Waals surface area contributed by atoms with Gasteiger partial charge in [0.05, 0.1) is 18.8 Å². The molecule has 0 bridgehead atoms. The molecule has 180 valence electrons. The Bertz CT molecular complexity index is 857. The van der Waals surface area contributed by atoms with Crippen LogP contribution in [0.5, 0.6) is 0 Å². The van der Waals surface area contributed by atoms with Gasteiger partial charge in [-0.2, -0.15) is 0 Å². The van der Waals surface area contributed by atoms with Gasteiger partial charge in [0.1, 0.15) is 24.2 Å². The van der Waals surface area contributed by atoms with Crippen molar-refractivity contribution in [2.45, 2.75) is 71.4 Å². The maximum atomic E-state index is 13.3. The minimum atomic E-state index is -0.965. The summed E-state index contributed by atoms with van der Waals surface area (Å²) in [5, 5.41) is 5.23. The summed E-state index contributed by atoms with van der Waals surface area (Å²) in [5.41, 5.74) is 0.962. The van der Waals surface area contributed by atoms with Crippen molar-refractivity contribution in [3.8, 4) is 0 Å². The second kappa shape index (κ2) is 12.2. The van der Waals surface area contributed by atoms with Crippen LogP contribution in [-0.4, -0.2) is 65.5 Å². The molecule has 0 spiro atoms. The third kappa shape index (κ3) is 7.78. The van der Waals surface area contributed by atoms with Crippen molar-refractivity contribution in [1.82, 2.24) is 15.5 Å². The van der Waals surface area contributed by atoms with Crippen molar-refractivity contribution < 1.29 is 28.7 Å². The average molecular weight is 460 g/mol. The lowest BCUT2D eigenvalue weighted by Gasteiger charge is -2.30.